The minimum Gasteiger partial charge on any atom is -0.460 e. The summed E-state index contributed by atoms with van der Waals surface area (Å²) in [6.45, 7) is 5.19. The van der Waals surface area contributed by atoms with Gasteiger partial charge in [0, 0.05) is 11.3 Å². The van der Waals surface area contributed by atoms with Crippen molar-refractivity contribution in [2.24, 2.45) is 0 Å². The quantitative estimate of drug-likeness (QED) is 0.247. The molecule has 7 nitrogen and oxygen atoms in total. The molecule has 4 N–H and O–H groups in total. The molecule has 21 heavy (non-hydrogen) atoms. The molecule has 0 saturated heterocycles. The van der Waals surface area contributed by atoms with Crippen LogP contribution in [0.2, 0.25) is 0 Å². The van der Waals surface area contributed by atoms with Crippen LogP contribution in [0.15, 0.2) is 36.4 Å². The Bertz CT molecular complexity index is 516. The topological polar surface area (TPSA) is 108 Å². The van der Waals surface area contributed by atoms with Gasteiger partial charge in [-0.15, -0.1) is 0 Å². The molecule has 0 aliphatic carbocycles. The summed E-state index contributed by atoms with van der Waals surface area (Å²) < 4.78 is 4.81. The molecule has 0 fully saturated rings. The fourth-order valence-corrected chi connectivity index (χ4v) is 1.35. The van der Waals surface area contributed by atoms with Crippen LogP contribution < -0.4 is 16.1 Å². The number of esters is 1. The van der Waals surface area contributed by atoms with Crippen molar-refractivity contribution in [2.45, 2.75) is 6.92 Å². The Labute approximate surface area is 122 Å². The maximum atomic E-state index is 11.5. The van der Waals surface area contributed by atoms with E-state index in [2.05, 4.69) is 17.2 Å². The zero-order valence-corrected chi connectivity index (χ0v) is 11.6. The zero-order valence-electron chi connectivity index (χ0n) is 11.6. The minimum absolute atomic E-state index is 0.0504. The van der Waals surface area contributed by atoms with Crippen molar-refractivity contribution in [1.29, 1.82) is 0 Å². The maximum absolute atomic E-state index is 11.5. The van der Waals surface area contributed by atoms with Gasteiger partial charge in [-0.3, -0.25) is 0 Å². The van der Waals surface area contributed by atoms with Crippen LogP contribution in [0, 0.1) is 0 Å². The van der Waals surface area contributed by atoms with Crippen molar-refractivity contribution in [3.63, 3.8) is 0 Å². The van der Waals surface area contributed by atoms with Crippen LogP contribution in [0.4, 0.5) is 10.5 Å². The van der Waals surface area contributed by atoms with Crippen LogP contribution in [0.25, 0.3) is 0 Å². The molecule has 0 aliphatic rings. The van der Waals surface area contributed by atoms with Crippen molar-refractivity contribution in [3.05, 3.63) is 36.4 Å². The van der Waals surface area contributed by atoms with Crippen LogP contribution in [0.5, 0.6) is 0 Å². The third-order valence-corrected chi connectivity index (χ3v) is 2.44. The fraction of sp³-hybridized carbons (Fsp3) is 0.231. The second-order valence-electron chi connectivity index (χ2n) is 4.29. The molecule has 0 atom stereocenters. The largest absolute Gasteiger partial charge is 0.488 e. The van der Waals surface area contributed by atoms with E-state index in [9.17, 15) is 9.59 Å². The molecule has 8 heteroatoms. The highest BCUT2D eigenvalue weighted by molar-refractivity contribution is 6.58. The standard InChI is InChI=1S/C13H17BN2O5/c1-9(2)12(17)21-8-7-15-13(18)16-11-5-3-10(4-6-11)14(19)20/h3-6,19-20H,1,7-8H2,2H3,(H2,15,16,18). The first-order valence-electron chi connectivity index (χ1n) is 6.23. The molecule has 2 amide bonds. The molecular weight excluding hydrogens is 275 g/mol. The van der Waals surface area contributed by atoms with Gasteiger partial charge in [0.15, 0.2) is 0 Å². The summed E-state index contributed by atoms with van der Waals surface area (Å²) in [6.07, 6.45) is 0. The molecule has 0 unspecified atom stereocenters. The summed E-state index contributed by atoms with van der Waals surface area (Å²) in [5.74, 6) is -0.504. The normalized spacial score (nSPS) is 9.67. The SMILES string of the molecule is C=C(C)C(=O)OCCNC(=O)Nc1ccc(B(O)O)cc1. The van der Waals surface area contributed by atoms with E-state index in [1.54, 1.807) is 0 Å². The number of anilines is 1. The van der Waals surface area contributed by atoms with Crippen LogP contribution in [0.3, 0.4) is 0 Å². The average molecular weight is 292 g/mol. The second-order valence-corrected chi connectivity index (χ2v) is 4.29. The Morgan fingerprint density at radius 2 is 1.90 bits per heavy atom. The number of ether oxygens (including phenoxy) is 1. The molecule has 1 aromatic carbocycles. The number of urea groups is 1. The number of hydrogen-bond donors (Lipinski definition) is 4. The Kier molecular flexibility index (Phi) is 6.44. The van der Waals surface area contributed by atoms with Crippen molar-refractivity contribution < 1.29 is 24.4 Å². The van der Waals surface area contributed by atoms with Crippen LogP contribution >= 0.6 is 0 Å². The Hall–Kier alpha value is -2.32. The van der Waals surface area contributed by atoms with E-state index >= 15 is 0 Å². The summed E-state index contributed by atoms with van der Waals surface area (Å²) >= 11 is 0. The summed E-state index contributed by atoms with van der Waals surface area (Å²) in [5.41, 5.74) is 1.12. The number of rotatable bonds is 6. The lowest BCUT2D eigenvalue weighted by Gasteiger charge is -2.09. The fourth-order valence-electron chi connectivity index (χ4n) is 1.35. The molecule has 0 radical (unpaired) electrons. The van der Waals surface area contributed by atoms with Gasteiger partial charge in [-0.25, -0.2) is 9.59 Å². The zero-order chi connectivity index (χ0) is 15.8. The number of nitrogens with one attached hydrogen (secondary N) is 2. The summed E-state index contributed by atoms with van der Waals surface area (Å²) in [5, 5.41) is 22.9. The molecule has 0 heterocycles. The Morgan fingerprint density at radius 1 is 1.29 bits per heavy atom. The van der Waals surface area contributed by atoms with Gasteiger partial charge in [-0.05, 0) is 24.5 Å². The van der Waals surface area contributed by atoms with Gasteiger partial charge < -0.3 is 25.4 Å². The lowest BCUT2D eigenvalue weighted by Crippen LogP contribution is -2.32. The maximum Gasteiger partial charge on any atom is 0.488 e. The van der Waals surface area contributed by atoms with Gasteiger partial charge in [0.2, 0.25) is 0 Å². The molecular formula is C13H17BN2O5. The third-order valence-electron chi connectivity index (χ3n) is 2.44. The first-order chi connectivity index (χ1) is 9.90. The van der Waals surface area contributed by atoms with Crippen molar-refractivity contribution in [3.8, 4) is 0 Å². The predicted octanol–water partition coefficient (Wildman–Crippen LogP) is -0.393. The number of carbonyl (C=O) groups excluding carboxylic acids is 2. The molecule has 112 valence electrons. The van der Waals surface area contributed by atoms with Crippen molar-refractivity contribution in [2.75, 3.05) is 18.5 Å². The van der Waals surface area contributed by atoms with Crippen molar-refractivity contribution >= 4 is 30.3 Å². The molecule has 1 aromatic rings. The molecule has 0 spiro atoms. The second kappa shape index (κ2) is 8.08. The van der Waals surface area contributed by atoms with Gasteiger partial charge in [-0.1, -0.05) is 18.7 Å². The molecule has 1 rings (SSSR count). The summed E-state index contributed by atoms with van der Waals surface area (Å²) in [6, 6.07) is 5.58. The van der Waals surface area contributed by atoms with E-state index in [1.165, 1.54) is 31.2 Å². The highest BCUT2D eigenvalue weighted by atomic mass is 16.5. The number of carbonyl (C=O) groups is 2. The van der Waals surface area contributed by atoms with Crippen LogP contribution in [-0.4, -0.2) is 42.3 Å². The van der Waals surface area contributed by atoms with E-state index in [1.807, 2.05) is 0 Å². The van der Waals surface area contributed by atoms with E-state index < -0.39 is 19.1 Å². The van der Waals surface area contributed by atoms with Crippen molar-refractivity contribution in [1.82, 2.24) is 5.32 Å². The summed E-state index contributed by atoms with van der Waals surface area (Å²) in [7, 11) is -1.55. The molecule has 0 aromatic heterocycles. The van der Waals surface area contributed by atoms with Gasteiger partial charge in [0.25, 0.3) is 0 Å². The number of benzene rings is 1. The highest BCUT2D eigenvalue weighted by Gasteiger charge is 2.10. The number of hydrogen-bond acceptors (Lipinski definition) is 5. The molecule has 0 aliphatic heterocycles. The monoisotopic (exact) mass is 292 g/mol. The van der Waals surface area contributed by atoms with Gasteiger partial charge in [0.05, 0.1) is 6.54 Å². The van der Waals surface area contributed by atoms with E-state index in [0.29, 0.717) is 16.7 Å². The third kappa shape index (κ3) is 6.11. The smallest absolute Gasteiger partial charge is 0.460 e. The average Bonchev–Trinajstić information content (AvgIpc) is 2.43. The summed E-state index contributed by atoms with van der Waals surface area (Å²) in [4.78, 5) is 22.6. The van der Waals surface area contributed by atoms with Crippen LogP contribution in [0.1, 0.15) is 6.92 Å². The molecule has 0 saturated carbocycles. The first kappa shape index (κ1) is 16.7. The van der Waals surface area contributed by atoms with Gasteiger partial charge in [-0.2, -0.15) is 0 Å². The lowest BCUT2D eigenvalue weighted by molar-refractivity contribution is -0.138. The minimum atomic E-state index is -1.55. The van der Waals surface area contributed by atoms with E-state index in [-0.39, 0.29) is 13.2 Å². The number of amides is 2. The van der Waals surface area contributed by atoms with Gasteiger partial charge >= 0.3 is 19.1 Å². The van der Waals surface area contributed by atoms with E-state index in [0.717, 1.165) is 0 Å². The van der Waals surface area contributed by atoms with E-state index in [4.69, 9.17) is 14.8 Å². The van der Waals surface area contributed by atoms with Gasteiger partial charge in [0.1, 0.15) is 6.61 Å². The Morgan fingerprint density at radius 3 is 2.43 bits per heavy atom. The Balaban J connectivity index is 2.30. The predicted molar refractivity (Wildman–Crippen MR) is 79.1 cm³/mol. The highest BCUT2D eigenvalue weighted by Crippen LogP contribution is 2.03. The van der Waals surface area contributed by atoms with Crippen LogP contribution in [-0.2, 0) is 9.53 Å². The molecule has 0 bridgehead atoms. The lowest BCUT2D eigenvalue weighted by atomic mass is 9.80. The first-order valence-corrected chi connectivity index (χ1v) is 6.23.